The molecule has 1 aromatic heterocycles. The van der Waals surface area contributed by atoms with E-state index >= 15 is 0 Å². The summed E-state index contributed by atoms with van der Waals surface area (Å²) in [5.41, 5.74) is 2.95. The second-order valence-corrected chi connectivity index (χ2v) is 6.92. The van der Waals surface area contributed by atoms with Crippen LogP contribution >= 0.6 is 11.8 Å². The molecule has 0 aliphatic carbocycles. The average molecular weight is 399 g/mol. The van der Waals surface area contributed by atoms with Crippen LogP contribution in [0.5, 0.6) is 11.5 Å². The van der Waals surface area contributed by atoms with Gasteiger partial charge in [-0.1, -0.05) is 41.6 Å². The monoisotopic (exact) mass is 399 g/mol. The van der Waals surface area contributed by atoms with Gasteiger partial charge in [-0.3, -0.25) is 4.79 Å². The molecule has 1 amide bonds. The zero-order valence-corrected chi connectivity index (χ0v) is 16.7. The van der Waals surface area contributed by atoms with Crippen molar-refractivity contribution >= 4 is 17.7 Å². The van der Waals surface area contributed by atoms with E-state index in [-0.39, 0.29) is 11.7 Å². The number of amides is 1. The minimum absolute atomic E-state index is 0.101. The van der Waals surface area contributed by atoms with Gasteiger partial charge in [-0.2, -0.15) is 0 Å². The fourth-order valence-electron chi connectivity index (χ4n) is 2.44. The number of hydrogen-bond acceptors (Lipinski definition) is 7. The zero-order valence-electron chi connectivity index (χ0n) is 15.9. The number of aryl methyl sites for hydroxylation is 1. The van der Waals surface area contributed by atoms with E-state index in [0.717, 1.165) is 5.56 Å². The smallest absolute Gasteiger partial charge is 0.277 e. The maximum atomic E-state index is 12.0. The zero-order chi connectivity index (χ0) is 19.9. The highest BCUT2D eigenvalue weighted by atomic mass is 32.2. The van der Waals surface area contributed by atoms with Crippen molar-refractivity contribution in [3.05, 3.63) is 53.6 Å². The molecule has 146 valence electrons. The Hall–Kier alpha value is -3.00. The van der Waals surface area contributed by atoms with E-state index in [1.54, 1.807) is 32.4 Å². The summed E-state index contributed by atoms with van der Waals surface area (Å²) in [7, 11) is 3.13. The molecular weight excluding hydrogens is 378 g/mol. The summed E-state index contributed by atoms with van der Waals surface area (Å²) in [5, 5.41) is 11.2. The van der Waals surface area contributed by atoms with Crippen LogP contribution in [0.25, 0.3) is 11.5 Å². The Balaban J connectivity index is 1.54. The first-order valence-electron chi connectivity index (χ1n) is 8.60. The van der Waals surface area contributed by atoms with Crippen molar-refractivity contribution in [2.75, 3.05) is 20.0 Å². The van der Waals surface area contributed by atoms with Crippen molar-refractivity contribution in [1.29, 1.82) is 0 Å². The summed E-state index contributed by atoms with van der Waals surface area (Å²) in [6.45, 7) is 2.51. The Morgan fingerprint density at radius 2 is 1.82 bits per heavy atom. The molecule has 0 unspecified atom stereocenters. The molecule has 7 nitrogen and oxygen atoms in total. The molecule has 1 heterocycles. The minimum Gasteiger partial charge on any atom is -0.493 e. The third-order valence-electron chi connectivity index (χ3n) is 3.97. The van der Waals surface area contributed by atoms with Gasteiger partial charge in [-0.05, 0) is 30.7 Å². The summed E-state index contributed by atoms with van der Waals surface area (Å²) in [4.78, 5) is 12.0. The molecule has 0 aliphatic heterocycles. The number of carbonyl (C=O) groups is 1. The van der Waals surface area contributed by atoms with Gasteiger partial charge in [0.2, 0.25) is 11.8 Å². The van der Waals surface area contributed by atoms with Gasteiger partial charge in [0.15, 0.2) is 11.5 Å². The van der Waals surface area contributed by atoms with E-state index in [1.807, 2.05) is 31.2 Å². The van der Waals surface area contributed by atoms with E-state index in [1.165, 1.54) is 17.3 Å². The summed E-state index contributed by atoms with van der Waals surface area (Å²) < 4.78 is 16.1. The Morgan fingerprint density at radius 3 is 2.54 bits per heavy atom. The molecule has 3 aromatic rings. The van der Waals surface area contributed by atoms with Crippen molar-refractivity contribution in [3.8, 4) is 23.0 Å². The molecule has 0 radical (unpaired) electrons. The third kappa shape index (κ3) is 5.04. The van der Waals surface area contributed by atoms with Crippen LogP contribution in [0.1, 0.15) is 11.1 Å². The number of rotatable bonds is 8. The number of carbonyl (C=O) groups excluding carboxylic acids is 1. The molecule has 0 saturated carbocycles. The van der Waals surface area contributed by atoms with Crippen molar-refractivity contribution < 1.29 is 18.7 Å². The molecule has 0 spiro atoms. The van der Waals surface area contributed by atoms with Crippen molar-refractivity contribution in [3.63, 3.8) is 0 Å². The summed E-state index contributed by atoms with van der Waals surface area (Å²) >= 11 is 1.19. The van der Waals surface area contributed by atoms with Crippen LogP contribution in [0.4, 0.5) is 0 Å². The number of hydrogen-bond donors (Lipinski definition) is 1. The van der Waals surface area contributed by atoms with Crippen molar-refractivity contribution in [2.24, 2.45) is 0 Å². The van der Waals surface area contributed by atoms with E-state index < -0.39 is 0 Å². The predicted molar refractivity (Wildman–Crippen MR) is 107 cm³/mol. The standard InChI is InChI=1S/C20H21N3O4S/c1-13-4-6-14(7-5-13)11-21-18(24)12-28-20-23-22-19(27-20)15-8-9-16(25-2)17(10-15)26-3/h4-10H,11-12H2,1-3H3,(H,21,24). The lowest BCUT2D eigenvalue weighted by molar-refractivity contribution is -0.118. The second kappa shape index (κ2) is 9.27. The van der Waals surface area contributed by atoms with Gasteiger partial charge >= 0.3 is 0 Å². The number of ether oxygens (including phenoxy) is 2. The fourth-order valence-corrected chi connectivity index (χ4v) is 3.03. The Kier molecular flexibility index (Phi) is 6.54. The lowest BCUT2D eigenvalue weighted by atomic mass is 10.1. The van der Waals surface area contributed by atoms with Gasteiger partial charge in [0.1, 0.15) is 0 Å². The maximum absolute atomic E-state index is 12.0. The highest BCUT2D eigenvalue weighted by molar-refractivity contribution is 7.99. The summed E-state index contributed by atoms with van der Waals surface area (Å²) in [6, 6.07) is 13.4. The number of benzene rings is 2. The predicted octanol–water partition coefficient (Wildman–Crippen LogP) is 3.47. The molecule has 28 heavy (non-hydrogen) atoms. The highest BCUT2D eigenvalue weighted by Crippen LogP contribution is 2.32. The van der Waals surface area contributed by atoms with Crippen LogP contribution in [0.3, 0.4) is 0 Å². The summed E-state index contributed by atoms with van der Waals surface area (Å²) in [5.74, 6) is 1.63. The first-order valence-corrected chi connectivity index (χ1v) is 9.58. The van der Waals surface area contributed by atoms with Gasteiger partial charge < -0.3 is 19.2 Å². The fraction of sp³-hybridized carbons (Fsp3) is 0.250. The molecule has 0 fully saturated rings. The molecular formula is C20H21N3O4S. The highest BCUT2D eigenvalue weighted by Gasteiger charge is 2.13. The molecule has 3 rings (SSSR count). The van der Waals surface area contributed by atoms with E-state index in [0.29, 0.717) is 34.7 Å². The molecule has 2 aromatic carbocycles. The van der Waals surface area contributed by atoms with Gasteiger partial charge in [0.05, 0.1) is 20.0 Å². The largest absolute Gasteiger partial charge is 0.493 e. The van der Waals surface area contributed by atoms with Crippen LogP contribution in [0.15, 0.2) is 52.1 Å². The van der Waals surface area contributed by atoms with Gasteiger partial charge in [-0.25, -0.2) is 0 Å². The Labute approximate surface area is 167 Å². The lowest BCUT2D eigenvalue weighted by Gasteiger charge is -2.07. The van der Waals surface area contributed by atoms with Crippen molar-refractivity contribution in [1.82, 2.24) is 15.5 Å². The molecule has 8 heteroatoms. The van der Waals surface area contributed by atoms with Crippen LogP contribution in [-0.4, -0.2) is 36.1 Å². The number of thioether (sulfide) groups is 1. The van der Waals surface area contributed by atoms with Crippen LogP contribution in [0, 0.1) is 6.92 Å². The first kappa shape index (κ1) is 19.8. The average Bonchev–Trinajstić information content (AvgIpc) is 3.20. The van der Waals surface area contributed by atoms with Crippen LogP contribution in [0.2, 0.25) is 0 Å². The maximum Gasteiger partial charge on any atom is 0.277 e. The van der Waals surface area contributed by atoms with Gasteiger partial charge in [0.25, 0.3) is 5.22 Å². The topological polar surface area (TPSA) is 86.5 Å². The first-order chi connectivity index (χ1) is 13.6. The number of nitrogens with one attached hydrogen (secondary N) is 1. The van der Waals surface area contributed by atoms with Crippen molar-refractivity contribution in [2.45, 2.75) is 18.7 Å². The minimum atomic E-state index is -0.101. The Morgan fingerprint density at radius 1 is 1.07 bits per heavy atom. The molecule has 0 bridgehead atoms. The number of aromatic nitrogens is 2. The molecule has 1 N–H and O–H groups in total. The van der Waals surface area contributed by atoms with Gasteiger partial charge in [-0.15, -0.1) is 10.2 Å². The molecule has 0 saturated heterocycles. The molecule has 0 atom stereocenters. The third-order valence-corrected chi connectivity index (χ3v) is 4.79. The quantitative estimate of drug-likeness (QED) is 0.580. The second-order valence-electron chi connectivity index (χ2n) is 5.99. The van der Waals surface area contributed by atoms with E-state index in [4.69, 9.17) is 13.9 Å². The van der Waals surface area contributed by atoms with Gasteiger partial charge in [0, 0.05) is 12.1 Å². The van der Waals surface area contributed by atoms with Crippen LogP contribution in [-0.2, 0) is 11.3 Å². The SMILES string of the molecule is COc1ccc(-c2nnc(SCC(=O)NCc3ccc(C)cc3)o2)cc1OC. The summed E-state index contributed by atoms with van der Waals surface area (Å²) in [6.07, 6.45) is 0. The Bertz CT molecular complexity index is 941. The van der Waals surface area contributed by atoms with E-state index in [9.17, 15) is 4.79 Å². The normalized spacial score (nSPS) is 10.5. The number of methoxy groups -OCH3 is 2. The number of nitrogens with zero attached hydrogens (tertiary/aromatic N) is 2. The van der Waals surface area contributed by atoms with E-state index in [2.05, 4.69) is 15.5 Å². The van der Waals surface area contributed by atoms with Crippen LogP contribution < -0.4 is 14.8 Å². The lowest BCUT2D eigenvalue weighted by Crippen LogP contribution is -2.24. The molecule has 0 aliphatic rings.